The maximum absolute atomic E-state index is 11.3. The highest BCUT2D eigenvalue weighted by Crippen LogP contribution is 2.31. The van der Waals surface area contributed by atoms with Crippen molar-refractivity contribution < 1.29 is 14.3 Å². The van der Waals surface area contributed by atoms with Crippen LogP contribution in [-0.4, -0.2) is 24.1 Å². The summed E-state index contributed by atoms with van der Waals surface area (Å²) in [6.07, 6.45) is 9.42. The second kappa shape index (κ2) is 9.07. The van der Waals surface area contributed by atoms with Gasteiger partial charge in [-0.2, -0.15) is 0 Å². The van der Waals surface area contributed by atoms with Crippen LogP contribution in [0.1, 0.15) is 76.1 Å². The van der Waals surface area contributed by atoms with E-state index in [9.17, 15) is 4.79 Å². The molecule has 1 fully saturated rings. The molecule has 1 aromatic carbocycles. The van der Waals surface area contributed by atoms with Gasteiger partial charge in [0.1, 0.15) is 18.0 Å². The van der Waals surface area contributed by atoms with Crippen LogP contribution in [0.25, 0.3) is 0 Å². The molecule has 0 saturated carbocycles. The number of rotatable bonds is 11. The van der Waals surface area contributed by atoms with Crippen molar-refractivity contribution in [2.75, 3.05) is 0 Å². The lowest BCUT2D eigenvalue weighted by Crippen LogP contribution is -2.24. The lowest BCUT2D eigenvalue weighted by Gasteiger charge is -2.17. The molecule has 2 rings (SSSR count). The molecule has 23 heavy (non-hydrogen) atoms. The van der Waals surface area contributed by atoms with Crippen LogP contribution < -0.4 is 4.74 Å². The fourth-order valence-electron chi connectivity index (χ4n) is 2.95. The van der Waals surface area contributed by atoms with E-state index >= 15 is 0 Å². The number of epoxide rings is 1. The van der Waals surface area contributed by atoms with Crippen LogP contribution in [-0.2, 0) is 4.74 Å². The second-order valence-electron chi connectivity index (χ2n) is 6.60. The van der Waals surface area contributed by atoms with Gasteiger partial charge in [0.05, 0.1) is 6.10 Å². The monoisotopic (exact) mass is 318 g/mol. The maximum atomic E-state index is 11.3. The summed E-state index contributed by atoms with van der Waals surface area (Å²) in [5, 5.41) is 0. The number of carbonyl (C=O) groups excluding carboxylic acids is 1. The molecule has 0 aromatic heterocycles. The van der Waals surface area contributed by atoms with Crippen molar-refractivity contribution in [1.82, 2.24) is 0 Å². The van der Waals surface area contributed by atoms with Crippen molar-refractivity contribution in [3.63, 3.8) is 0 Å². The topological polar surface area (TPSA) is 38.8 Å². The van der Waals surface area contributed by atoms with Crippen LogP contribution in [0.4, 0.5) is 0 Å². The third-order valence-corrected chi connectivity index (χ3v) is 4.51. The van der Waals surface area contributed by atoms with Gasteiger partial charge in [0.2, 0.25) is 0 Å². The van der Waals surface area contributed by atoms with Gasteiger partial charge in [-0.3, -0.25) is 4.79 Å². The molecule has 0 spiro atoms. The van der Waals surface area contributed by atoms with Crippen molar-refractivity contribution in [3.8, 4) is 5.75 Å². The van der Waals surface area contributed by atoms with Crippen LogP contribution in [0.2, 0.25) is 0 Å². The largest absolute Gasteiger partial charge is 0.488 e. The summed E-state index contributed by atoms with van der Waals surface area (Å²) in [5.41, 5.74) is 0.723. The number of hydrogen-bond acceptors (Lipinski definition) is 3. The van der Waals surface area contributed by atoms with E-state index in [1.165, 1.54) is 38.5 Å². The molecule has 3 atom stereocenters. The highest BCUT2D eigenvalue weighted by molar-refractivity contribution is 5.94. The van der Waals surface area contributed by atoms with E-state index in [2.05, 4.69) is 13.8 Å². The second-order valence-corrected chi connectivity index (χ2v) is 6.60. The molecule has 1 heterocycles. The van der Waals surface area contributed by atoms with Crippen molar-refractivity contribution >= 4 is 5.78 Å². The Balaban J connectivity index is 1.80. The van der Waals surface area contributed by atoms with Crippen molar-refractivity contribution in [3.05, 3.63) is 29.8 Å². The summed E-state index contributed by atoms with van der Waals surface area (Å²) in [6.45, 7) is 5.92. The zero-order valence-electron chi connectivity index (χ0n) is 14.7. The summed E-state index contributed by atoms with van der Waals surface area (Å²) >= 11 is 0. The number of ketones is 1. The summed E-state index contributed by atoms with van der Waals surface area (Å²) in [7, 11) is 0. The molecular weight excluding hydrogens is 288 g/mol. The molecule has 1 aromatic rings. The molecule has 128 valence electrons. The SMILES string of the molecule is CCCCCCCCC(Oc1ccc(C(C)=O)cc1)C1OC1C. The van der Waals surface area contributed by atoms with Gasteiger partial charge < -0.3 is 9.47 Å². The van der Waals surface area contributed by atoms with Crippen LogP contribution in [0.3, 0.4) is 0 Å². The first-order valence-corrected chi connectivity index (χ1v) is 9.05. The summed E-state index contributed by atoms with van der Waals surface area (Å²) in [6, 6.07) is 7.43. The van der Waals surface area contributed by atoms with Crippen molar-refractivity contribution in [2.24, 2.45) is 0 Å². The van der Waals surface area contributed by atoms with Crippen LogP contribution in [0.5, 0.6) is 5.75 Å². The smallest absolute Gasteiger partial charge is 0.159 e. The third kappa shape index (κ3) is 5.98. The Hall–Kier alpha value is -1.35. The lowest BCUT2D eigenvalue weighted by atomic mass is 10.0. The zero-order chi connectivity index (χ0) is 16.7. The quantitative estimate of drug-likeness (QED) is 0.321. The van der Waals surface area contributed by atoms with Gasteiger partial charge in [-0.1, -0.05) is 39.0 Å². The Morgan fingerprint density at radius 1 is 1.13 bits per heavy atom. The molecule has 0 aliphatic carbocycles. The van der Waals surface area contributed by atoms with E-state index in [0.29, 0.717) is 6.10 Å². The Morgan fingerprint density at radius 3 is 2.30 bits per heavy atom. The Kier molecular flexibility index (Phi) is 7.10. The van der Waals surface area contributed by atoms with Crippen LogP contribution in [0.15, 0.2) is 24.3 Å². The molecule has 0 amide bonds. The van der Waals surface area contributed by atoms with E-state index in [-0.39, 0.29) is 18.0 Å². The minimum absolute atomic E-state index is 0.0827. The number of benzene rings is 1. The minimum atomic E-state index is 0.0827. The van der Waals surface area contributed by atoms with Crippen molar-refractivity contribution in [2.45, 2.75) is 84.0 Å². The zero-order valence-corrected chi connectivity index (χ0v) is 14.7. The van der Waals surface area contributed by atoms with Gasteiger partial charge >= 0.3 is 0 Å². The van der Waals surface area contributed by atoms with Gasteiger partial charge in [0.15, 0.2) is 5.78 Å². The predicted molar refractivity (Wildman–Crippen MR) is 93.2 cm³/mol. The molecule has 0 radical (unpaired) electrons. The predicted octanol–water partition coefficient (Wildman–Crippen LogP) is 5.17. The lowest BCUT2D eigenvalue weighted by molar-refractivity contribution is 0.101. The molecule has 1 saturated heterocycles. The summed E-state index contributed by atoms with van der Waals surface area (Å²) in [5.74, 6) is 0.910. The average molecular weight is 318 g/mol. The maximum Gasteiger partial charge on any atom is 0.159 e. The van der Waals surface area contributed by atoms with Gasteiger partial charge in [0.25, 0.3) is 0 Å². The number of unbranched alkanes of at least 4 members (excludes halogenated alkanes) is 5. The number of ether oxygens (including phenoxy) is 2. The number of carbonyl (C=O) groups is 1. The van der Waals surface area contributed by atoms with Crippen molar-refractivity contribution in [1.29, 1.82) is 0 Å². The molecule has 1 aliphatic heterocycles. The third-order valence-electron chi connectivity index (χ3n) is 4.51. The Morgan fingerprint density at radius 2 is 1.74 bits per heavy atom. The van der Waals surface area contributed by atoms with E-state index in [4.69, 9.17) is 9.47 Å². The molecule has 3 unspecified atom stereocenters. The molecule has 3 heteroatoms. The fourth-order valence-corrected chi connectivity index (χ4v) is 2.95. The molecule has 0 N–H and O–H groups in total. The highest BCUT2D eigenvalue weighted by atomic mass is 16.6. The number of hydrogen-bond donors (Lipinski definition) is 0. The fraction of sp³-hybridized carbons (Fsp3) is 0.650. The van der Waals surface area contributed by atoms with E-state index < -0.39 is 0 Å². The molecule has 0 bridgehead atoms. The molecular formula is C20H30O3. The average Bonchev–Trinajstić information content (AvgIpc) is 3.27. The molecule has 1 aliphatic rings. The summed E-state index contributed by atoms with van der Waals surface area (Å²) < 4.78 is 11.8. The standard InChI is InChI=1S/C20H30O3/c1-4-5-6-7-8-9-10-19(20-16(3)22-20)23-18-13-11-17(12-14-18)15(2)21/h11-14,16,19-20H,4-10H2,1-3H3. The van der Waals surface area contributed by atoms with E-state index in [1.807, 2.05) is 24.3 Å². The van der Waals surface area contributed by atoms with Gasteiger partial charge in [-0.25, -0.2) is 0 Å². The first kappa shape index (κ1) is 18.0. The summed E-state index contributed by atoms with van der Waals surface area (Å²) in [4.78, 5) is 11.3. The first-order chi connectivity index (χ1) is 11.1. The van der Waals surface area contributed by atoms with Crippen LogP contribution >= 0.6 is 0 Å². The first-order valence-electron chi connectivity index (χ1n) is 9.05. The van der Waals surface area contributed by atoms with Crippen LogP contribution in [0, 0.1) is 0 Å². The Labute approximate surface area is 140 Å². The number of Topliss-reactive ketones (excluding diaryl/α,β-unsaturated/α-hetero) is 1. The van der Waals surface area contributed by atoms with E-state index in [1.54, 1.807) is 6.92 Å². The van der Waals surface area contributed by atoms with Gasteiger partial charge in [0, 0.05) is 5.56 Å². The normalized spacial score (nSPS) is 21.0. The van der Waals surface area contributed by atoms with Gasteiger partial charge in [-0.15, -0.1) is 0 Å². The molecule has 3 nitrogen and oxygen atoms in total. The minimum Gasteiger partial charge on any atom is -0.488 e. The van der Waals surface area contributed by atoms with E-state index in [0.717, 1.165) is 17.7 Å². The van der Waals surface area contributed by atoms with Gasteiger partial charge in [-0.05, 0) is 51.0 Å². The Bertz CT molecular complexity index is 480. The highest BCUT2D eigenvalue weighted by Gasteiger charge is 2.42.